The lowest BCUT2D eigenvalue weighted by atomic mass is 11.2. The minimum Gasteiger partial charge on any atom is -0.412 e. The van der Waals surface area contributed by atoms with Gasteiger partial charge in [0.15, 0.2) is 0 Å². The van der Waals surface area contributed by atoms with Crippen molar-refractivity contribution in [2.24, 2.45) is 0 Å². The molecule has 0 unspecified atom stereocenters. The Kier molecular flexibility index (Phi) is 3.44. The highest BCUT2D eigenvalue weighted by molar-refractivity contribution is 7.55. The summed E-state index contributed by atoms with van der Waals surface area (Å²) in [5.41, 5.74) is 0. The van der Waals surface area contributed by atoms with Crippen molar-refractivity contribution in [3.05, 3.63) is 12.1 Å². The van der Waals surface area contributed by atoms with Crippen molar-refractivity contribution in [1.29, 1.82) is 0 Å². The number of hydrogen-bond acceptors (Lipinski definition) is 3. The number of phosphoric ester groups is 1. The Morgan fingerprint density at radius 1 is 1.09 bits per heavy atom. The van der Waals surface area contributed by atoms with Gasteiger partial charge in [0, 0.05) is 0 Å². The Labute approximate surface area is 61.7 Å². The molecule has 0 aromatic heterocycles. The minimum absolute atomic E-state index is 0.242. The topological polar surface area (TPSA) is 124 Å². The molecular formula is C2H6O7P2. The predicted octanol–water partition coefficient (Wildman–Crippen LogP) is -0.255. The molecule has 0 atom stereocenters. The summed E-state index contributed by atoms with van der Waals surface area (Å²) in [5.74, 6) is 0.242. The number of rotatable bonds is 3. The maximum absolute atomic E-state index is 9.99. The second-order valence-electron chi connectivity index (χ2n) is 1.47. The quantitative estimate of drug-likeness (QED) is 0.368. The van der Waals surface area contributed by atoms with Crippen LogP contribution in [0.15, 0.2) is 12.1 Å². The Morgan fingerprint density at radius 3 is 1.82 bits per heavy atom. The summed E-state index contributed by atoms with van der Waals surface area (Å²) in [6.45, 7) is 0. The van der Waals surface area contributed by atoms with Crippen molar-refractivity contribution in [1.82, 2.24) is 0 Å². The number of hydrogen-bond donors (Lipinski definition) is 4. The SMILES string of the molecule is O=P(O)(O)C=COP(=O)(O)O. The molecule has 66 valence electrons. The van der Waals surface area contributed by atoms with Crippen LogP contribution in [0.25, 0.3) is 0 Å². The summed E-state index contributed by atoms with van der Waals surface area (Å²) < 4.78 is 23.5. The van der Waals surface area contributed by atoms with E-state index < -0.39 is 15.4 Å². The van der Waals surface area contributed by atoms with Crippen molar-refractivity contribution < 1.29 is 33.2 Å². The van der Waals surface area contributed by atoms with Crippen molar-refractivity contribution >= 4 is 15.4 Å². The molecule has 0 aromatic rings. The average Bonchev–Trinajstić information content (AvgIpc) is 1.55. The first-order chi connectivity index (χ1) is 4.71. The van der Waals surface area contributed by atoms with Crippen molar-refractivity contribution in [2.45, 2.75) is 0 Å². The average molecular weight is 204 g/mol. The van der Waals surface area contributed by atoms with Crippen LogP contribution >= 0.6 is 15.4 Å². The van der Waals surface area contributed by atoms with E-state index in [1.165, 1.54) is 0 Å². The fourth-order valence-electron chi connectivity index (χ4n) is 0.186. The smallest absolute Gasteiger partial charge is 0.412 e. The molecule has 0 fully saturated rings. The largest absolute Gasteiger partial charge is 0.524 e. The molecule has 0 bridgehead atoms. The Morgan fingerprint density at radius 2 is 1.55 bits per heavy atom. The highest BCUT2D eigenvalue weighted by Gasteiger charge is 2.13. The van der Waals surface area contributed by atoms with E-state index in [0.717, 1.165) is 0 Å². The molecule has 0 aromatic carbocycles. The van der Waals surface area contributed by atoms with Crippen LogP contribution in [0.1, 0.15) is 0 Å². The van der Waals surface area contributed by atoms with Gasteiger partial charge >= 0.3 is 15.4 Å². The molecule has 4 N–H and O–H groups in total. The monoisotopic (exact) mass is 204 g/mol. The van der Waals surface area contributed by atoms with E-state index in [-0.39, 0.29) is 12.1 Å². The van der Waals surface area contributed by atoms with Crippen LogP contribution in [0.3, 0.4) is 0 Å². The van der Waals surface area contributed by atoms with Crippen LogP contribution in [0, 0.1) is 0 Å². The van der Waals surface area contributed by atoms with E-state index in [1.54, 1.807) is 0 Å². The van der Waals surface area contributed by atoms with Gasteiger partial charge in [0.25, 0.3) is 0 Å². The van der Waals surface area contributed by atoms with Gasteiger partial charge in [-0.25, -0.2) is 4.57 Å². The summed E-state index contributed by atoms with van der Waals surface area (Å²) in [5, 5.41) is 0. The molecule has 0 rings (SSSR count). The third-order valence-electron chi connectivity index (χ3n) is 0.453. The minimum atomic E-state index is -4.68. The Bertz CT molecular complexity index is 231. The van der Waals surface area contributed by atoms with Gasteiger partial charge in [-0.15, -0.1) is 0 Å². The molecule has 0 spiro atoms. The predicted molar refractivity (Wildman–Crippen MR) is 34.3 cm³/mol. The Hall–Kier alpha value is -0.160. The summed E-state index contributed by atoms with van der Waals surface area (Å²) in [6, 6.07) is 0. The van der Waals surface area contributed by atoms with Gasteiger partial charge in [-0.2, -0.15) is 0 Å². The normalized spacial score (nSPS) is 13.8. The molecule has 11 heavy (non-hydrogen) atoms. The molecule has 0 saturated carbocycles. The van der Waals surface area contributed by atoms with Crippen molar-refractivity contribution in [2.75, 3.05) is 0 Å². The van der Waals surface area contributed by atoms with Crippen LogP contribution in [0.4, 0.5) is 0 Å². The van der Waals surface area contributed by atoms with Gasteiger partial charge in [0.1, 0.15) is 6.26 Å². The lowest BCUT2D eigenvalue weighted by Gasteiger charge is -1.99. The third-order valence-corrected chi connectivity index (χ3v) is 1.36. The lowest BCUT2D eigenvalue weighted by Crippen LogP contribution is -1.78. The zero-order chi connectivity index (χ0) is 9.12. The molecule has 7 nitrogen and oxygen atoms in total. The van der Waals surface area contributed by atoms with Crippen molar-refractivity contribution in [3.8, 4) is 0 Å². The second kappa shape index (κ2) is 3.49. The third kappa shape index (κ3) is 9.84. The first kappa shape index (κ1) is 10.8. The van der Waals surface area contributed by atoms with Gasteiger partial charge < -0.3 is 14.3 Å². The first-order valence-corrected chi connectivity index (χ1v) is 5.39. The highest BCUT2D eigenvalue weighted by atomic mass is 31.2. The second-order valence-corrected chi connectivity index (χ2v) is 4.14. The molecule has 0 aliphatic carbocycles. The van der Waals surface area contributed by atoms with Gasteiger partial charge in [-0.3, -0.25) is 14.4 Å². The first-order valence-electron chi connectivity index (χ1n) is 2.17. The number of phosphoric acid groups is 1. The van der Waals surface area contributed by atoms with Crippen LogP contribution in [0.2, 0.25) is 0 Å². The van der Waals surface area contributed by atoms with Crippen LogP contribution in [-0.4, -0.2) is 19.6 Å². The molecular weight excluding hydrogens is 198 g/mol. The molecule has 0 amide bonds. The zero-order valence-corrected chi connectivity index (χ0v) is 6.85. The fraction of sp³-hybridized carbons (Fsp3) is 0. The summed E-state index contributed by atoms with van der Waals surface area (Å²) in [4.78, 5) is 32.2. The van der Waals surface area contributed by atoms with Crippen LogP contribution in [-0.2, 0) is 13.7 Å². The molecule has 0 aliphatic rings. The fourth-order valence-corrected chi connectivity index (χ4v) is 0.721. The van der Waals surface area contributed by atoms with E-state index >= 15 is 0 Å². The van der Waals surface area contributed by atoms with Gasteiger partial charge in [-0.05, 0) is 0 Å². The summed E-state index contributed by atoms with van der Waals surface area (Å²) in [7, 11) is -9.08. The van der Waals surface area contributed by atoms with Crippen LogP contribution < -0.4 is 0 Å². The Balaban J connectivity index is 4.01. The summed E-state index contributed by atoms with van der Waals surface area (Å²) in [6.07, 6.45) is 0.265. The van der Waals surface area contributed by atoms with Gasteiger partial charge in [0.05, 0.1) is 5.82 Å². The van der Waals surface area contributed by atoms with Gasteiger partial charge in [0.2, 0.25) is 0 Å². The standard InChI is InChI=1S/C2H6O7P2/c3-10(4,5)2-1-9-11(6,7)8/h1-2H,(H2,3,4,5)(H2,6,7,8). The van der Waals surface area contributed by atoms with E-state index in [0.29, 0.717) is 0 Å². The lowest BCUT2D eigenvalue weighted by molar-refractivity contribution is 0.258. The molecule has 0 aliphatic heterocycles. The van der Waals surface area contributed by atoms with Gasteiger partial charge in [-0.1, -0.05) is 0 Å². The van der Waals surface area contributed by atoms with E-state index in [1.807, 2.05) is 0 Å². The van der Waals surface area contributed by atoms with E-state index in [4.69, 9.17) is 19.6 Å². The molecule has 0 radical (unpaired) electrons. The van der Waals surface area contributed by atoms with Crippen molar-refractivity contribution in [3.63, 3.8) is 0 Å². The highest BCUT2D eigenvalue weighted by Crippen LogP contribution is 2.40. The van der Waals surface area contributed by atoms with E-state index in [2.05, 4.69) is 4.52 Å². The van der Waals surface area contributed by atoms with Crippen LogP contribution in [0.5, 0.6) is 0 Å². The van der Waals surface area contributed by atoms with E-state index in [9.17, 15) is 9.13 Å². The maximum Gasteiger partial charge on any atom is 0.524 e. The maximum atomic E-state index is 9.99. The zero-order valence-electron chi connectivity index (χ0n) is 5.06. The summed E-state index contributed by atoms with van der Waals surface area (Å²) >= 11 is 0. The molecule has 0 heterocycles. The molecule has 0 saturated heterocycles. The molecule has 9 heteroatoms.